The van der Waals surface area contributed by atoms with Crippen molar-refractivity contribution < 1.29 is 10.2 Å². The van der Waals surface area contributed by atoms with E-state index in [4.69, 9.17) is 5.73 Å². The van der Waals surface area contributed by atoms with E-state index in [0.29, 0.717) is 30.3 Å². The number of hydrogen-bond donors (Lipinski definition) is 4. The van der Waals surface area contributed by atoms with Crippen LogP contribution in [-0.4, -0.2) is 41.1 Å². The van der Waals surface area contributed by atoms with Crippen LogP contribution in [0.1, 0.15) is 12.8 Å². The van der Waals surface area contributed by atoms with Crippen LogP contribution < -0.4 is 16.0 Å². The van der Waals surface area contributed by atoms with Crippen molar-refractivity contribution in [1.29, 1.82) is 0 Å². The van der Waals surface area contributed by atoms with Gasteiger partial charge in [0.2, 0.25) is 0 Å². The van der Waals surface area contributed by atoms with Gasteiger partial charge < -0.3 is 26.2 Å². The van der Waals surface area contributed by atoms with Gasteiger partial charge in [0.1, 0.15) is 5.82 Å². The van der Waals surface area contributed by atoms with Crippen molar-refractivity contribution in [3.63, 3.8) is 0 Å². The molecule has 6 heteroatoms. The fourth-order valence-corrected chi connectivity index (χ4v) is 2.17. The summed E-state index contributed by atoms with van der Waals surface area (Å²) in [5, 5.41) is 22.4. The summed E-state index contributed by atoms with van der Waals surface area (Å²) in [4.78, 5) is 6.05. The standard InChI is InChI=1S/C11H18N4O2/c1-13-10-8(12)3-4-9(14-10)15-6-2-5-11(15,17)7-16/h3-4,16-17H,2,5-7,12H2,1H3,(H,13,14). The zero-order valence-electron chi connectivity index (χ0n) is 9.85. The molecule has 0 amide bonds. The Balaban J connectivity index is 2.34. The molecule has 1 aromatic heterocycles. The minimum Gasteiger partial charge on any atom is -0.396 e. The number of aromatic nitrogens is 1. The lowest BCUT2D eigenvalue weighted by Crippen LogP contribution is -2.47. The summed E-state index contributed by atoms with van der Waals surface area (Å²) in [6.45, 7) is 0.380. The van der Waals surface area contributed by atoms with E-state index in [2.05, 4.69) is 10.3 Å². The second-order valence-electron chi connectivity index (χ2n) is 4.25. The fourth-order valence-electron chi connectivity index (χ4n) is 2.17. The summed E-state index contributed by atoms with van der Waals surface area (Å²) in [6, 6.07) is 3.49. The molecule has 1 unspecified atom stereocenters. The molecule has 6 nitrogen and oxygen atoms in total. The first-order valence-electron chi connectivity index (χ1n) is 5.66. The van der Waals surface area contributed by atoms with E-state index in [9.17, 15) is 10.2 Å². The molecule has 1 aliphatic rings. The number of nitrogens with two attached hydrogens (primary N) is 1. The lowest BCUT2D eigenvalue weighted by atomic mass is 10.1. The van der Waals surface area contributed by atoms with Gasteiger partial charge in [-0.15, -0.1) is 0 Å². The molecule has 2 rings (SSSR count). The van der Waals surface area contributed by atoms with Gasteiger partial charge in [-0.05, 0) is 25.0 Å². The van der Waals surface area contributed by atoms with Crippen molar-refractivity contribution in [2.45, 2.75) is 18.6 Å². The van der Waals surface area contributed by atoms with E-state index >= 15 is 0 Å². The van der Waals surface area contributed by atoms with Gasteiger partial charge >= 0.3 is 0 Å². The highest BCUT2D eigenvalue weighted by atomic mass is 16.4. The molecule has 1 atom stereocenters. The maximum atomic E-state index is 10.2. The number of anilines is 3. The SMILES string of the molecule is CNc1nc(N2CCCC2(O)CO)ccc1N. The topological polar surface area (TPSA) is 94.6 Å². The van der Waals surface area contributed by atoms with Crippen LogP contribution in [0.3, 0.4) is 0 Å². The third-order valence-electron chi connectivity index (χ3n) is 3.14. The van der Waals surface area contributed by atoms with Crippen LogP contribution in [0.5, 0.6) is 0 Å². The van der Waals surface area contributed by atoms with Crippen molar-refractivity contribution >= 4 is 17.3 Å². The molecule has 0 saturated carbocycles. The highest BCUT2D eigenvalue weighted by Gasteiger charge is 2.39. The third kappa shape index (κ3) is 2.01. The smallest absolute Gasteiger partial charge is 0.162 e. The molecule has 0 aromatic carbocycles. The predicted molar refractivity (Wildman–Crippen MR) is 66.8 cm³/mol. The average molecular weight is 238 g/mol. The van der Waals surface area contributed by atoms with Crippen LogP contribution in [-0.2, 0) is 0 Å². The van der Waals surface area contributed by atoms with Crippen LogP contribution >= 0.6 is 0 Å². The Kier molecular flexibility index (Phi) is 3.08. The Bertz CT molecular complexity index is 412. The van der Waals surface area contributed by atoms with Crippen LogP contribution in [0.25, 0.3) is 0 Å². The first-order chi connectivity index (χ1) is 8.10. The highest BCUT2D eigenvalue weighted by Crippen LogP contribution is 2.32. The zero-order valence-corrected chi connectivity index (χ0v) is 9.85. The molecule has 1 aliphatic heterocycles. The molecule has 0 spiro atoms. The molecule has 1 fully saturated rings. The molecule has 1 aromatic rings. The second kappa shape index (κ2) is 4.38. The number of rotatable bonds is 3. The number of nitrogens with one attached hydrogen (secondary N) is 1. The third-order valence-corrected chi connectivity index (χ3v) is 3.14. The second-order valence-corrected chi connectivity index (χ2v) is 4.25. The van der Waals surface area contributed by atoms with Crippen LogP contribution in [0, 0.1) is 0 Å². The maximum absolute atomic E-state index is 10.2. The molecular weight excluding hydrogens is 220 g/mol. The predicted octanol–water partition coefficient (Wildman–Crippen LogP) is -0.0134. The first-order valence-corrected chi connectivity index (χ1v) is 5.66. The molecule has 0 radical (unpaired) electrons. The van der Waals surface area contributed by atoms with Crippen molar-refractivity contribution in [3.8, 4) is 0 Å². The first kappa shape index (κ1) is 11.9. The molecular formula is C11H18N4O2. The monoisotopic (exact) mass is 238 g/mol. The highest BCUT2D eigenvalue weighted by molar-refractivity contribution is 5.65. The average Bonchev–Trinajstić information content (AvgIpc) is 2.73. The summed E-state index contributed by atoms with van der Waals surface area (Å²) >= 11 is 0. The van der Waals surface area contributed by atoms with Crippen molar-refractivity contribution in [1.82, 2.24) is 4.98 Å². The molecule has 0 bridgehead atoms. The summed E-state index contributed by atoms with van der Waals surface area (Å²) < 4.78 is 0. The van der Waals surface area contributed by atoms with Crippen molar-refractivity contribution in [3.05, 3.63) is 12.1 Å². The van der Waals surface area contributed by atoms with Gasteiger partial charge in [0.05, 0.1) is 12.3 Å². The van der Waals surface area contributed by atoms with Crippen molar-refractivity contribution in [2.24, 2.45) is 0 Å². The van der Waals surface area contributed by atoms with E-state index < -0.39 is 5.72 Å². The number of nitrogen functional groups attached to an aromatic ring is 1. The van der Waals surface area contributed by atoms with Gasteiger partial charge in [-0.2, -0.15) is 0 Å². The molecule has 94 valence electrons. The van der Waals surface area contributed by atoms with Crippen LogP contribution in [0.4, 0.5) is 17.3 Å². The summed E-state index contributed by atoms with van der Waals surface area (Å²) in [6.07, 6.45) is 1.38. The van der Waals surface area contributed by atoms with Gasteiger partial charge in [0.15, 0.2) is 11.5 Å². The van der Waals surface area contributed by atoms with Crippen LogP contribution in [0.15, 0.2) is 12.1 Å². The van der Waals surface area contributed by atoms with E-state index in [0.717, 1.165) is 6.42 Å². The number of aliphatic hydroxyl groups is 2. The Hall–Kier alpha value is -1.53. The largest absolute Gasteiger partial charge is 0.396 e. The molecule has 5 N–H and O–H groups in total. The molecule has 2 heterocycles. The number of pyridine rings is 1. The molecule has 17 heavy (non-hydrogen) atoms. The van der Waals surface area contributed by atoms with E-state index in [1.54, 1.807) is 24.1 Å². The zero-order chi connectivity index (χ0) is 12.5. The van der Waals surface area contributed by atoms with Gasteiger partial charge in [0, 0.05) is 13.6 Å². The van der Waals surface area contributed by atoms with Gasteiger partial charge in [0.25, 0.3) is 0 Å². The summed E-state index contributed by atoms with van der Waals surface area (Å²) in [5.41, 5.74) is 5.10. The Morgan fingerprint density at radius 3 is 3.00 bits per heavy atom. The van der Waals surface area contributed by atoms with Gasteiger partial charge in [-0.1, -0.05) is 0 Å². The Morgan fingerprint density at radius 1 is 1.59 bits per heavy atom. The van der Waals surface area contributed by atoms with Gasteiger partial charge in [-0.25, -0.2) is 4.98 Å². The van der Waals surface area contributed by atoms with E-state index in [-0.39, 0.29) is 6.61 Å². The lowest BCUT2D eigenvalue weighted by molar-refractivity contribution is -0.00543. The minimum atomic E-state index is -1.20. The molecule has 0 aliphatic carbocycles. The minimum absolute atomic E-state index is 0.298. The normalized spacial score (nSPS) is 24.1. The van der Waals surface area contributed by atoms with E-state index in [1.807, 2.05) is 0 Å². The number of nitrogens with zero attached hydrogens (tertiary/aromatic N) is 2. The van der Waals surface area contributed by atoms with E-state index in [1.165, 1.54) is 0 Å². The number of hydrogen-bond acceptors (Lipinski definition) is 6. The summed E-state index contributed by atoms with van der Waals surface area (Å²) in [5.74, 6) is 1.20. The lowest BCUT2D eigenvalue weighted by Gasteiger charge is -2.33. The Morgan fingerprint density at radius 2 is 2.35 bits per heavy atom. The fraction of sp³-hybridized carbons (Fsp3) is 0.545. The molecule has 1 saturated heterocycles. The van der Waals surface area contributed by atoms with Crippen LogP contribution in [0.2, 0.25) is 0 Å². The quantitative estimate of drug-likeness (QED) is 0.591. The van der Waals surface area contributed by atoms with Gasteiger partial charge in [-0.3, -0.25) is 0 Å². The number of aliphatic hydroxyl groups excluding tert-OH is 1. The Labute approximate surface area is 100 Å². The summed E-state index contributed by atoms with van der Waals surface area (Å²) in [7, 11) is 1.74. The maximum Gasteiger partial charge on any atom is 0.162 e. The van der Waals surface area contributed by atoms with Crippen molar-refractivity contribution in [2.75, 3.05) is 36.1 Å².